The SMILES string of the molecule is Cc1c[nH]c2c(Cl)cc(C(C)(C)N)cc12. The molecule has 80 valence electrons. The number of halogens is 1. The summed E-state index contributed by atoms with van der Waals surface area (Å²) in [5.41, 5.74) is 8.95. The molecule has 0 radical (unpaired) electrons. The molecule has 2 aromatic rings. The van der Waals surface area contributed by atoms with Crippen LogP contribution in [0.5, 0.6) is 0 Å². The van der Waals surface area contributed by atoms with Crippen LogP contribution in [0.15, 0.2) is 18.3 Å². The number of hydrogen-bond acceptors (Lipinski definition) is 1. The maximum atomic E-state index is 6.19. The fraction of sp³-hybridized carbons (Fsp3) is 0.333. The number of fused-ring (bicyclic) bond motifs is 1. The Morgan fingerprint density at radius 3 is 2.60 bits per heavy atom. The zero-order chi connectivity index (χ0) is 11.2. The van der Waals surface area contributed by atoms with E-state index in [2.05, 4.69) is 18.0 Å². The van der Waals surface area contributed by atoms with Crippen LogP contribution in [0, 0.1) is 6.92 Å². The average Bonchev–Trinajstić information content (AvgIpc) is 2.47. The van der Waals surface area contributed by atoms with E-state index in [4.69, 9.17) is 17.3 Å². The molecule has 2 nitrogen and oxygen atoms in total. The highest BCUT2D eigenvalue weighted by atomic mass is 35.5. The number of nitrogens with two attached hydrogens (primary N) is 1. The van der Waals surface area contributed by atoms with Crippen LogP contribution in [-0.2, 0) is 5.54 Å². The van der Waals surface area contributed by atoms with Crippen LogP contribution in [0.1, 0.15) is 25.0 Å². The molecule has 0 spiro atoms. The summed E-state index contributed by atoms with van der Waals surface area (Å²) in [6, 6.07) is 4.03. The summed E-state index contributed by atoms with van der Waals surface area (Å²) in [6.45, 7) is 6.02. The van der Waals surface area contributed by atoms with E-state index in [-0.39, 0.29) is 5.54 Å². The molecule has 0 saturated heterocycles. The minimum Gasteiger partial charge on any atom is -0.360 e. The van der Waals surface area contributed by atoms with E-state index in [9.17, 15) is 0 Å². The second-order valence-electron chi connectivity index (χ2n) is 4.57. The lowest BCUT2D eigenvalue weighted by molar-refractivity contribution is 0.555. The van der Waals surface area contributed by atoms with Gasteiger partial charge in [-0.15, -0.1) is 0 Å². The lowest BCUT2D eigenvalue weighted by Gasteiger charge is -2.19. The quantitative estimate of drug-likeness (QED) is 0.764. The van der Waals surface area contributed by atoms with Gasteiger partial charge in [0.15, 0.2) is 0 Å². The number of benzene rings is 1. The summed E-state index contributed by atoms with van der Waals surface area (Å²) in [5.74, 6) is 0. The highest BCUT2D eigenvalue weighted by Gasteiger charge is 2.17. The standard InChI is InChI=1S/C12H15ClN2/c1-7-6-15-11-9(7)4-8(5-10(11)13)12(2,3)14/h4-6,15H,14H2,1-3H3. The van der Waals surface area contributed by atoms with Crippen molar-refractivity contribution in [3.05, 3.63) is 34.5 Å². The molecule has 2 rings (SSSR count). The predicted octanol–water partition coefficient (Wildman–Crippen LogP) is 3.32. The molecular weight excluding hydrogens is 208 g/mol. The molecule has 3 heteroatoms. The van der Waals surface area contributed by atoms with Crippen LogP contribution in [-0.4, -0.2) is 4.98 Å². The van der Waals surface area contributed by atoms with Crippen molar-refractivity contribution in [3.8, 4) is 0 Å². The van der Waals surface area contributed by atoms with Crippen molar-refractivity contribution in [2.75, 3.05) is 0 Å². The minimum absolute atomic E-state index is 0.360. The van der Waals surface area contributed by atoms with E-state index in [0.717, 1.165) is 21.5 Å². The highest BCUT2D eigenvalue weighted by Crippen LogP contribution is 2.30. The van der Waals surface area contributed by atoms with E-state index in [1.54, 1.807) is 0 Å². The van der Waals surface area contributed by atoms with Crippen molar-refractivity contribution < 1.29 is 0 Å². The second kappa shape index (κ2) is 3.26. The summed E-state index contributed by atoms with van der Waals surface area (Å²) >= 11 is 6.19. The number of hydrogen-bond donors (Lipinski definition) is 2. The van der Waals surface area contributed by atoms with Gasteiger partial charge in [-0.25, -0.2) is 0 Å². The summed E-state index contributed by atoms with van der Waals surface area (Å²) < 4.78 is 0. The molecule has 0 aliphatic carbocycles. The van der Waals surface area contributed by atoms with E-state index < -0.39 is 0 Å². The summed E-state index contributed by atoms with van der Waals surface area (Å²) in [6.07, 6.45) is 1.96. The Labute approximate surface area is 94.4 Å². The first-order valence-electron chi connectivity index (χ1n) is 4.96. The summed E-state index contributed by atoms with van der Waals surface area (Å²) in [7, 11) is 0. The van der Waals surface area contributed by atoms with Crippen molar-refractivity contribution in [3.63, 3.8) is 0 Å². The molecule has 0 fully saturated rings. The third-order valence-corrected chi connectivity index (χ3v) is 2.99. The van der Waals surface area contributed by atoms with Crippen molar-refractivity contribution in [2.45, 2.75) is 26.3 Å². The maximum absolute atomic E-state index is 6.19. The average molecular weight is 223 g/mol. The third-order valence-electron chi connectivity index (χ3n) is 2.69. The first-order chi connectivity index (χ1) is 6.89. The molecule has 3 N–H and O–H groups in total. The van der Waals surface area contributed by atoms with E-state index in [1.807, 2.05) is 26.1 Å². The molecule has 1 aromatic carbocycles. The van der Waals surface area contributed by atoms with Crippen LogP contribution in [0.4, 0.5) is 0 Å². The molecule has 0 aliphatic rings. The van der Waals surface area contributed by atoms with Crippen LogP contribution < -0.4 is 5.73 Å². The number of nitrogens with one attached hydrogen (secondary N) is 1. The smallest absolute Gasteiger partial charge is 0.0650 e. The fourth-order valence-electron chi connectivity index (χ4n) is 1.69. The lowest BCUT2D eigenvalue weighted by Crippen LogP contribution is -2.28. The monoisotopic (exact) mass is 222 g/mol. The topological polar surface area (TPSA) is 41.8 Å². The number of H-pyrrole nitrogens is 1. The van der Waals surface area contributed by atoms with Gasteiger partial charge in [0.05, 0.1) is 10.5 Å². The van der Waals surface area contributed by atoms with Gasteiger partial charge >= 0.3 is 0 Å². The van der Waals surface area contributed by atoms with Crippen LogP contribution in [0.3, 0.4) is 0 Å². The lowest BCUT2D eigenvalue weighted by atomic mass is 9.94. The Bertz CT molecular complexity index is 506. The Hall–Kier alpha value is -0.990. The van der Waals surface area contributed by atoms with Crippen molar-refractivity contribution in [2.24, 2.45) is 5.73 Å². The van der Waals surface area contributed by atoms with Gasteiger partial charge in [0.2, 0.25) is 0 Å². The maximum Gasteiger partial charge on any atom is 0.0650 e. The summed E-state index contributed by atoms with van der Waals surface area (Å²) in [4.78, 5) is 3.16. The van der Waals surface area contributed by atoms with Gasteiger partial charge in [-0.3, -0.25) is 0 Å². The molecular formula is C12H15ClN2. The van der Waals surface area contributed by atoms with Gasteiger partial charge in [0.25, 0.3) is 0 Å². The Morgan fingerprint density at radius 2 is 2.00 bits per heavy atom. The number of aromatic amines is 1. The van der Waals surface area contributed by atoms with Gasteiger partial charge in [-0.2, -0.15) is 0 Å². The first kappa shape index (κ1) is 10.5. The summed E-state index contributed by atoms with van der Waals surface area (Å²) in [5, 5.41) is 1.88. The second-order valence-corrected chi connectivity index (χ2v) is 4.98. The number of aryl methyl sites for hydroxylation is 1. The van der Waals surface area contributed by atoms with Crippen LogP contribution >= 0.6 is 11.6 Å². The molecule has 0 aliphatic heterocycles. The first-order valence-corrected chi connectivity index (χ1v) is 5.34. The zero-order valence-corrected chi connectivity index (χ0v) is 9.94. The molecule has 1 heterocycles. The molecule has 0 bridgehead atoms. The molecule has 0 amide bonds. The zero-order valence-electron chi connectivity index (χ0n) is 9.19. The van der Waals surface area contributed by atoms with Crippen LogP contribution in [0.2, 0.25) is 5.02 Å². The van der Waals surface area contributed by atoms with Gasteiger partial charge in [0, 0.05) is 17.1 Å². The highest BCUT2D eigenvalue weighted by molar-refractivity contribution is 6.35. The molecule has 15 heavy (non-hydrogen) atoms. The van der Waals surface area contributed by atoms with E-state index >= 15 is 0 Å². The largest absolute Gasteiger partial charge is 0.360 e. The van der Waals surface area contributed by atoms with Crippen LogP contribution in [0.25, 0.3) is 10.9 Å². The van der Waals surface area contributed by atoms with Gasteiger partial charge in [-0.05, 0) is 44.0 Å². The molecule has 1 aromatic heterocycles. The fourth-order valence-corrected chi connectivity index (χ4v) is 1.97. The minimum atomic E-state index is -0.360. The number of aromatic nitrogens is 1. The molecule has 0 unspecified atom stereocenters. The van der Waals surface area contributed by atoms with E-state index in [1.165, 1.54) is 5.56 Å². The van der Waals surface area contributed by atoms with Crippen molar-refractivity contribution in [1.29, 1.82) is 0 Å². The van der Waals surface area contributed by atoms with Gasteiger partial charge in [0.1, 0.15) is 0 Å². The molecule has 0 saturated carbocycles. The third kappa shape index (κ3) is 1.75. The van der Waals surface area contributed by atoms with Gasteiger partial charge in [-0.1, -0.05) is 11.6 Å². The predicted molar refractivity (Wildman–Crippen MR) is 65.3 cm³/mol. The van der Waals surface area contributed by atoms with E-state index in [0.29, 0.717) is 0 Å². The molecule has 0 atom stereocenters. The Kier molecular flexibility index (Phi) is 2.28. The Morgan fingerprint density at radius 1 is 1.33 bits per heavy atom. The number of rotatable bonds is 1. The van der Waals surface area contributed by atoms with Gasteiger partial charge < -0.3 is 10.7 Å². The Balaban J connectivity index is 2.76. The van der Waals surface area contributed by atoms with Crippen molar-refractivity contribution >= 4 is 22.5 Å². The van der Waals surface area contributed by atoms with Crippen molar-refractivity contribution in [1.82, 2.24) is 4.98 Å². The normalized spacial score (nSPS) is 12.3.